The molecule has 2 aromatic carbocycles. The lowest BCUT2D eigenvalue weighted by molar-refractivity contribution is -0.132. The molecule has 0 saturated carbocycles. The van der Waals surface area contributed by atoms with Crippen LogP contribution in [-0.2, 0) is 17.9 Å². The van der Waals surface area contributed by atoms with Gasteiger partial charge in [-0.15, -0.1) is 12.4 Å². The number of nitrogens with zero attached hydrogens (tertiary/aromatic N) is 2. The number of fused-ring (bicyclic) bond motifs is 1. The van der Waals surface area contributed by atoms with Gasteiger partial charge in [-0.3, -0.25) is 9.36 Å². The number of nitrogens with one attached hydrogen (secondary N) is 1. The number of carbonyl (C=O) groups is 1. The Morgan fingerprint density at radius 2 is 1.77 bits per heavy atom. The molecule has 7 heteroatoms. The highest BCUT2D eigenvalue weighted by Gasteiger charge is 2.17. The van der Waals surface area contributed by atoms with Crippen LogP contribution in [-0.4, -0.2) is 33.4 Å². The van der Waals surface area contributed by atoms with Gasteiger partial charge in [-0.05, 0) is 30.7 Å². The molecule has 0 bridgehead atoms. The molecule has 0 fully saturated rings. The van der Waals surface area contributed by atoms with Gasteiger partial charge in [0.15, 0.2) is 0 Å². The third-order valence-corrected chi connectivity index (χ3v) is 4.18. The Kier molecular flexibility index (Phi) is 7.00. The fourth-order valence-corrected chi connectivity index (χ4v) is 2.88. The molecule has 0 aliphatic heterocycles. The number of carbonyl (C=O) groups excluding carboxylic acids is 1. The molecule has 26 heavy (non-hydrogen) atoms. The van der Waals surface area contributed by atoms with Gasteiger partial charge in [-0.25, -0.2) is 4.79 Å². The first-order chi connectivity index (χ1) is 12.2. The second-order valence-corrected chi connectivity index (χ2v) is 5.98. The summed E-state index contributed by atoms with van der Waals surface area (Å²) in [7, 11) is 0. The van der Waals surface area contributed by atoms with E-state index >= 15 is 0 Å². The number of halogens is 1. The molecule has 6 nitrogen and oxygen atoms in total. The normalized spacial score (nSPS) is 10.5. The second kappa shape index (κ2) is 9.22. The highest BCUT2D eigenvalue weighted by molar-refractivity contribution is 5.85. The number of rotatable bonds is 7. The van der Waals surface area contributed by atoms with E-state index < -0.39 is 0 Å². The molecule has 0 saturated heterocycles. The van der Waals surface area contributed by atoms with Crippen LogP contribution < -0.4 is 11.4 Å². The molecule has 3 aromatic rings. The fourth-order valence-electron chi connectivity index (χ4n) is 2.88. The first kappa shape index (κ1) is 19.8. The summed E-state index contributed by atoms with van der Waals surface area (Å²) in [6, 6.07) is 17.2. The summed E-state index contributed by atoms with van der Waals surface area (Å²) >= 11 is 0. The van der Waals surface area contributed by atoms with Crippen molar-refractivity contribution in [1.82, 2.24) is 14.5 Å². The summed E-state index contributed by atoms with van der Waals surface area (Å²) in [6.07, 6.45) is 0.724. The minimum Gasteiger partial charge on any atom is -0.337 e. The predicted molar refractivity (Wildman–Crippen MR) is 105 cm³/mol. The molecule has 3 N–H and O–H groups in total. The van der Waals surface area contributed by atoms with Crippen LogP contribution in [0.15, 0.2) is 59.4 Å². The van der Waals surface area contributed by atoms with Crippen molar-refractivity contribution in [3.05, 3.63) is 70.6 Å². The van der Waals surface area contributed by atoms with Gasteiger partial charge in [-0.2, -0.15) is 0 Å². The van der Waals surface area contributed by atoms with Gasteiger partial charge in [0.2, 0.25) is 5.91 Å². The number of imidazole rings is 1. The first-order valence-electron chi connectivity index (χ1n) is 8.38. The Bertz CT molecular complexity index is 905. The quantitative estimate of drug-likeness (QED) is 0.664. The number of para-hydroxylation sites is 2. The van der Waals surface area contributed by atoms with Gasteiger partial charge in [0.05, 0.1) is 11.0 Å². The van der Waals surface area contributed by atoms with Gasteiger partial charge < -0.3 is 15.6 Å². The van der Waals surface area contributed by atoms with E-state index in [2.05, 4.69) is 4.98 Å². The van der Waals surface area contributed by atoms with Crippen molar-refractivity contribution in [2.75, 3.05) is 13.1 Å². The summed E-state index contributed by atoms with van der Waals surface area (Å²) in [5.74, 6) is -0.0934. The second-order valence-electron chi connectivity index (χ2n) is 5.98. The first-order valence-corrected chi connectivity index (χ1v) is 8.38. The molecule has 0 radical (unpaired) electrons. The van der Waals surface area contributed by atoms with Crippen LogP contribution >= 0.6 is 12.4 Å². The number of nitrogens with two attached hydrogens (primary N) is 1. The Hall–Kier alpha value is -2.57. The van der Waals surface area contributed by atoms with Crippen molar-refractivity contribution in [1.29, 1.82) is 0 Å². The molecule has 0 aliphatic carbocycles. The minimum atomic E-state index is -0.270. The largest absolute Gasteiger partial charge is 0.337 e. The van der Waals surface area contributed by atoms with E-state index in [4.69, 9.17) is 5.73 Å². The number of aromatic nitrogens is 2. The van der Waals surface area contributed by atoms with Crippen LogP contribution in [0.5, 0.6) is 0 Å². The molecule has 0 spiro atoms. The number of benzene rings is 2. The van der Waals surface area contributed by atoms with Gasteiger partial charge in [-0.1, -0.05) is 42.5 Å². The average molecular weight is 375 g/mol. The molecule has 138 valence electrons. The Morgan fingerprint density at radius 1 is 1.08 bits per heavy atom. The van der Waals surface area contributed by atoms with E-state index in [1.807, 2.05) is 54.6 Å². The van der Waals surface area contributed by atoms with Crippen LogP contribution in [0.2, 0.25) is 0 Å². The zero-order valence-corrected chi connectivity index (χ0v) is 15.2. The van der Waals surface area contributed by atoms with Crippen molar-refractivity contribution in [2.24, 2.45) is 5.73 Å². The zero-order chi connectivity index (χ0) is 17.6. The van der Waals surface area contributed by atoms with Gasteiger partial charge in [0.1, 0.15) is 6.54 Å². The molecule has 0 aliphatic rings. The van der Waals surface area contributed by atoms with Crippen molar-refractivity contribution in [3.63, 3.8) is 0 Å². The predicted octanol–water partition coefficient (Wildman–Crippen LogP) is 2.13. The Labute approximate surface area is 158 Å². The molecule has 3 rings (SSSR count). The van der Waals surface area contributed by atoms with E-state index in [9.17, 15) is 9.59 Å². The third-order valence-electron chi connectivity index (χ3n) is 4.18. The van der Waals surface area contributed by atoms with Gasteiger partial charge in [0, 0.05) is 13.1 Å². The van der Waals surface area contributed by atoms with Crippen molar-refractivity contribution in [2.45, 2.75) is 19.5 Å². The summed E-state index contributed by atoms with van der Waals surface area (Å²) in [6.45, 7) is 1.62. The molecule has 0 unspecified atom stereocenters. The van der Waals surface area contributed by atoms with E-state index in [0.29, 0.717) is 19.6 Å². The standard InChI is InChI=1S/C19H22N4O2.ClH/c20-11-6-12-22(13-15-7-2-1-3-8-15)18(24)14-23-17-10-5-4-9-16(17)21-19(23)25;/h1-5,7-10H,6,11-14,20H2,(H,21,25);1H. The number of hydrogen-bond acceptors (Lipinski definition) is 3. The smallest absolute Gasteiger partial charge is 0.326 e. The van der Waals surface area contributed by atoms with Crippen LogP contribution in [0, 0.1) is 0 Å². The summed E-state index contributed by atoms with van der Waals surface area (Å²) < 4.78 is 1.48. The molecular weight excluding hydrogens is 352 g/mol. The van der Waals surface area contributed by atoms with Crippen LogP contribution in [0.4, 0.5) is 0 Å². The maximum absolute atomic E-state index is 12.8. The molecule has 1 heterocycles. The molecule has 1 aromatic heterocycles. The van der Waals surface area contributed by atoms with Crippen LogP contribution in [0.25, 0.3) is 11.0 Å². The summed E-state index contributed by atoms with van der Waals surface area (Å²) in [5.41, 5.74) is 7.86. The molecule has 1 amide bonds. The van der Waals surface area contributed by atoms with Crippen molar-refractivity contribution >= 4 is 29.3 Å². The minimum absolute atomic E-state index is 0. The van der Waals surface area contributed by atoms with Gasteiger partial charge >= 0.3 is 5.69 Å². The van der Waals surface area contributed by atoms with Crippen molar-refractivity contribution in [3.8, 4) is 0 Å². The van der Waals surface area contributed by atoms with E-state index in [1.54, 1.807) is 4.90 Å². The van der Waals surface area contributed by atoms with E-state index in [-0.39, 0.29) is 30.5 Å². The fraction of sp³-hybridized carbons (Fsp3) is 0.263. The lowest BCUT2D eigenvalue weighted by Crippen LogP contribution is -2.37. The maximum atomic E-state index is 12.8. The lowest BCUT2D eigenvalue weighted by atomic mass is 10.2. The van der Waals surface area contributed by atoms with E-state index in [0.717, 1.165) is 23.0 Å². The summed E-state index contributed by atoms with van der Waals surface area (Å²) in [5, 5.41) is 0. The van der Waals surface area contributed by atoms with E-state index in [1.165, 1.54) is 4.57 Å². The molecule has 0 atom stereocenters. The number of amides is 1. The number of aromatic amines is 1. The van der Waals surface area contributed by atoms with Gasteiger partial charge in [0.25, 0.3) is 0 Å². The Morgan fingerprint density at radius 3 is 2.50 bits per heavy atom. The van der Waals surface area contributed by atoms with Crippen molar-refractivity contribution < 1.29 is 4.79 Å². The topological polar surface area (TPSA) is 84.1 Å². The Balaban J connectivity index is 0.00000243. The highest BCUT2D eigenvalue weighted by atomic mass is 35.5. The molecular formula is C19H23ClN4O2. The third kappa shape index (κ3) is 4.53. The SMILES string of the molecule is Cl.NCCCN(Cc1ccccc1)C(=O)Cn1c(=O)[nH]c2ccccc21. The average Bonchev–Trinajstić information content (AvgIpc) is 2.95. The van der Waals surface area contributed by atoms with Crippen LogP contribution in [0.3, 0.4) is 0 Å². The lowest BCUT2D eigenvalue weighted by Gasteiger charge is -2.23. The highest BCUT2D eigenvalue weighted by Crippen LogP contribution is 2.11. The summed E-state index contributed by atoms with van der Waals surface area (Å²) in [4.78, 5) is 29.6. The van der Waals surface area contributed by atoms with Crippen LogP contribution in [0.1, 0.15) is 12.0 Å². The maximum Gasteiger partial charge on any atom is 0.326 e. The number of hydrogen-bond donors (Lipinski definition) is 2. The monoisotopic (exact) mass is 374 g/mol. The zero-order valence-electron chi connectivity index (χ0n) is 14.4. The number of H-pyrrole nitrogens is 1.